The minimum atomic E-state index is -0.473. The Bertz CT molecular complexity index is 508. The van der Waals surface area contributed by atoms with Gasteiger partial charge in [-0.15, -0.1) is 0 Å². The van der Waals surface area contributed by atoms with Gasteiger partial charge >= 0.3 is 0 Å². The highest BCUT2D eigenvalue weighted by Crippen LogP contribution is 2.35. The zero-order valence-corrected chi connectivity index (χ0v) is 9.03. The van der Waals surface area contributed by atoms with Crippen molar-refractivity contribution < 1.29 is 9.72 Å². The maximum Gasteiger partial charge on any atom is 0.270 e. The molecule has 0 atom stereocenters. The van der Waals surface area contributed by atoms with Crippen molar-refractivity contribution in [2.24, 2.45) is 0 Å². The predicted molar refractivity (Wildman–Crippen MR) is 60.3 cm³/mol. The van der Waals surface area contributed by atoms with E-state index in [1.165, 1.54) is 12.1 Å². The van der Waals surface area contributed by atoms with Crippen LogP contribution in [0.5, 0.6) is 0 Å². The lowest BCUT2D eigenvalue weighted by Gasteiger charge is -2.16. The van der Waals surface area contributed by atoms with Gasteiger partial charge in [0.05, 0.1) is 9.96 Å². The van der Waals surface area contributed by atoms with Crippen molar-refractivity contribution in [2.45, 2.75) is 12.8 Å². The molecule has 82 valence electrons. The van der Waals surface area contributed by atoms with E-state index in [0.717, 1.165) is 5.56 Å². The van der Waals surface area contributed by atoms with E-state index in [2.05, 4.69) is 0 Å². The Morgan fingerprint density at radius 1 is 1.38 bits per heavy atom. The van der Waals surface area contributed by atoms with Crippen molar-refractivity contribution in [3.8, 4) is 0 Å². The van der Waals surface area contributed by atoms with Crippen LogP contribution in [0.1, 0.15) is 17.5 Å². The van der Waals surface area contributed by atoms with Gasteiger partial charge in [-0.25, -0.2) is 0 Å². The molecule has 0 fully saturated rings. The molecule has 0 N–H and O–H groups in total. The Balaban J connectivity index is 2.58. The summed E-state index contributed by atoms with van der Waals surface area (Å²) in [6.45, 7) is 0. The van der Waals surface area contributed by atoms with Gasteiger partial charge in [0.2, 0.25) is 0 Å². The maximum absolute atomic E-state index is 10.7. The molecular weight excluding hydrogens is 230 g/mol. The molecule has 1 aliphatic rings. The molecule has 0 saturated carbocycles. The standard InChI is InChI=1S/C11H8ClNO3/c12-11-8(6-14)2-1-7-3-4-9(13(15)16)5-10(7)11/h3-6H,1-2H2. The molecule has 2 rings (SSSR count). The normalized spacial score (nSPS) is 14.6. The molecule has 4 nitrogen and oxygen atoms in total. The predicted octanol–water partition coefficient (Wildman–Crippen LogP) is 2.69. The van der Waals surface area contributed by atoms with Crippen LogP contribution in [0, 0.1) is 10.1 Å². The third kappa shape index (κ3) is 1.72. The first-order valence-electron chi connectivity index (χ1n) is 4.75. The fourth-order valence-electron chi connectivity index (χ4n) is 1.76. The van der Waals surface area contributed by atoms with E-state index in [9.17, 15) is 14.9 Å². The van der Waals surface area contributed by atoms with Gasteiger partial charge in [0, 0.05) is 23.3 Å². The number of aldehydes is 1. The summed E-state index contributed by atoms with van der Waals surface area (Å²) in [4.78, 5) is 20.9. The molecule has 0 saturated heterocycles. The lowest BCUT2D eigenvalue weighted by atomic mass is 9.92. The number of rotatable bonds is 2. The Hall–Kier alpha value is -1.68. The van der Waals surface area contributed by atoms with Crippen LogP contribution in [0.15, 0.2) is 23.8 Å². The Kier molecular flexibility index (Phi) is 2.75. The number of halogens is 1. The third-order valence-electron chi connectivity index (χ3n) is 2.63. The van der Waals surface area contributed by atoms with Crippen LogP contribution >= 0.6 is 11.6 Å². The minimum Gasteiger partial charge on any atom is -0.298 e. The highest BCUT2D eigenvalue weighted by atomic mass is 35.5. The number of allylic oxidation sites excluding steroid dienone is 1. The van der Waals surface area contributed by atoms with E-state index in [1.54, 1.807) is 6.07 Å². The molecule has 0 aliphatic heterocycles. The second-order valence-electron chi connectivity index (χ2n) is 3.56. The number of aryl methyl sites for hydroxylation is 1. The second kappa shape index (κ2) is 4.06. The summed E-state index contributed by atoms with van der Waals surface area (Å²) in [7, 11) is 0. The Morgan fingerprint density at radius 3 is 2.75 bits per heavy atom. The number of nitrogens with zero attached hydrogens (tertiary/aromatic N) is 1. The summed E-state index contributed by atoms with van der Waals surface area (Å²) in [6, 6.07) is 4.56. The Labute approximate surface area is 96.7 Å². The van der Waals surface area contributed by atoms with E-state index in [4.69, 9.17) is 11.6 Å². The molecule has 0 amide bonds. The lowest BCUT2D eigenvalue weighted by molar-refractivity contribution is -0.384. The van der Waals surface area contributed by atoms with Gasteiger partial charge in [-0.05, 0) is 18.4 Å². The average molecular weight is 238 g/mol. The van der Waals surface area contributed by atoms with Crippen molar-refractivity contribution in [1.82, 2.24) is 0 Å². The zero-order valence-electron chi connectivity index (χ0n) is 8.27. The summed E-state index contributed by atoms with van der Waals surface area (Å²) in [6.07, 6.45) is 1.99. The van der Waals surface area contributed by atoms with Gasteiger partial charge in [-0.3, -0.25) is 14.9 Å². The number of carbonyl (C=O) groups is 1. The lowest BCUT2D eigenvalue weighted by Crippen LogP contribution is -2.04. The highest BCUT2D eigenvalue weighted by Gasteiger charge is 2.19. The molecular formula is C11H8ClNO3. The van der Waals surface area contributed by atoms with Crippen LogP contribution < -0.4 is 0 Å². The van der Waals surface area contributed by atoms with Gasteiger partial charge in [0.1, 0.15) is 6.29 Å². The molecule has 1 aliphatic carbocycles. The number of non-ortho nitro benzene ring substituents is 1. The zero-order chi connectivity index (χ0) is 11.7. The topological polar surface area (TPSA) is 60.2 Å². The molecule has 0 aromatic heterocycles. The first-order chi connectivity index (χ1) is 7.63. The summed E-state index contributed by atoms with van der Waals surface area (Å²) >= 11 is 6.02. The van der Waals surface area contributed by atoms with Gasteiger partial charge in [-0.1, -0.05) is 17.7 Å². The maximum atomic E-state index is 10.7. The molecule has 5 heteroatoms. The van der Waals surface area contributed by atoms with Crippen LogP contribution in [0.2, 0.25) is 0 Å². The van der Waals surface area contributed by atoms with Gasteiger partial charge in [-0.2, -0.15) is 0 Å². The number of hydrogen-bond acceptors (Lipinski definition) is 3. The van der Waals surface area contributed by atoms with Gasteiger partial charge in [0.15, 0.2) is 0 Å². The van der Waals surface area contributed by atoms with E-state index < -0.39 is 4.92 Å². The van der Waals surface area contributed by atoms with E-state index in [0.29, 0.717) is 35.3 Å². The molecule has 1 aromatic rings. The number of hydrogen-bond donors (Lipinski definition) is 0. The molecule has 16 heavy (non-hydrogen) atoms. The van der Waals surface area contributed by atoms with Gasteiger partial charge < -0.3 is 0 Å². The molecule has 0 radical (unpaired) electrons. The smallest absolute Gasteiger partial charge is 0.270 e. The van der Waals surface area contributed by atoms with Crippen molar-refractivity contribution in [3.05, 3.63) is 45.0 Å². The van der Waals surface area contributed by atoms with E-state index in [1.807, 2.05) is 0 Å². The molecule has 1 aromatic carbocycles. The molecule has 0 bridgehead atoms. The van der Waals surface area contributed by atoms with Gasteiger partial charge in [0.25, 0.3) is 5.69 Å². The largest absolute Gasteiger partial charge is 0.298 e. The average Bonchev–Trinajstić information content (AvgIpc) is 2.29. The quantitative estimate of drug-likeness (QED) is 0.451. The van der Waals surface area contributed by atoms with Crippen molar-refractivity contribution in [1.29, 1.82) is 0 Å². The van der Waals surface area contributed by atoms with Crippen LogP contribution in [-0.2, 0) is 11.2 Å². The van der Waals surface area contributed by atoms with Crippen LogP contribution in [0.25, 0.3) is 5.03 Å². The fraction of sp³-hybridized carbons (Fsp3) is 0.182. The van der Waals surface area contributed by atoms with Crippen molar-refractivity contribution >= 4 is 28.6 Å². The van der Waals surface area contributed by atoms with Crippen molar-refractivity contribution in [2.75, 3.05) is 0 Å². The first kappa shape index (κ1) is 10.8. The number of carbonyl (C=O) groups excluding carboxylic acids is 1. The highest BCUT2D eigenvalue weighted by molar-refractivity contribution is 6.50. The molecule has 0 heterocycles. The Morgan fingerprint density at radius 2 is 2.12 bits per heavy atom. The van der Waals surface area contributed by atoms with Crippen LogP contribution in [0.4, 0.5) is 5.69 Å². The summed E-state index contributed by atoms with van der Waals surface area (Å²) in [5.41, 5.74) is 2.05. The summed E-state index contributed by atoms with van der Waals surface area (Å²) in [5, 5.41) is 11.0. The minimum absolute atomic E-state index is 0.0101. The fourth-order valence-corrected chi connectivity index (χ4v) is 2.08. The molecule has 0 spiro atoms. The monoisotopic (exact) mass is 237 g/mol. The van der Waals surface area contributed by atoms with E-state index in [-0.39, 0.29) is 5.69 Å². The number of benzene rings is 1. The first-order valence-corrected chi connectivity index (χ1v) is 5.13. The number of nitro benzene ring substituents is 1. The van der Waals surface area contributed by atoms with Crippen molar-refractivity contribution in [3.63, 3.8) is 0 Å². The van der Waals surface area contributed by atoms with Crippen LogP contribution in [-0.4, -0.2) is 11.2 Å². The number of nitro groups is 1. The SMILES string of the molecule is O=CC1=C(Cl)c2cc([N+](=O)[O-])ccc2CC1. The van der Waals surface area contributed by atoms with E-state index >= 15 is 0 Å². The number of fused-ring (bicyclic) bond motifs is 1. The summed E-state index contributed by atoms with van der Waals surface area (Å²) in [5.74, 6) is 0. The molecule has 0 unspecified atom stereocenters. The summed E-state index contributed by atoms with van der Waals surface area (Å²) < 4.78 is 0. The second-order valence-corrected chi connectivity index (χ2v) is 3.93. The third-order valence-corrected chi connectivity index (χ3v) is 3.07. The van der Waals surface area contributed by atoms with Crippen LogP contribution in [0.3, 0.4) is 0 Å².